The molecule has 316 valence electrons. The zero-order chi connectivity index (χ0) is 41.5. The van der Waals surface area contributed by atoms with Crippen molar-refractivity contribution in [1.82, 2.24) is 4.90 Å². The quantitative estimate of drug-likeness (QED) is 0.0693. The number of carbonyl (C=O) groups excluding carboxylic acids is 1. The lowest BCUT2D eigenvalue weighted by Gasteiger charge is -2.60. The molecule has 3 aromatic carbocycles. The summed E-state index contributed by atoms with van der Waals surface area (Å²) in [7, 11) is 0. The summed E-state index contributed by atoms with van der Waals surface area (Å²) in [6, 6.07) is 16.8. The number of carbonyl (C=O) groups is 1. The van der Waals surface area contributed by atoms with Gasteiger partial charge in [-0.2, -0.15) is 0 Å². The van der Waals surface area contributed by atoms with Gasteiger partial charge in [0.05, 0.1) is 18.2 Å². The lowest BCUT2D eigenvalue weighted by atomic mass is 9.55. The van der Waals surface area contributed by atoms with Crippen LogP contribution < -0.4 is 18.9 Å². The number of amides is 1. The number of fused-ring (bicyclic) bond motifs is 3. The van der Waals surface area contributed by atoms with Crippen molar-refractivity contribution in [3.05, 3.63) is 101 Å². The normalized spacial score (nSPS) is 24.4. The number of aryl methyl sites for hydroxylation is 2. The van der Waals surface area contributed by atoms with Crippen molar-refractivity contribution in [2.75, 3.05) is 39.8 Å². The van der Waals surface area contributed by atoms with E-state index in [-0.39, 0.29) is 50.3 Å². The second-order valence-electron chi connectivity index (χ2n) is 16.1. The largest absolute Gasteiger partial charge is 0.459 e. The van der Waals surface area contributed by atoms with Crippen molar-refractivity contribution in [3.8, 4) is 28.7 Å². The molecule has 2 heterocycles. The van der Waals surface area contributed by atoms with E-state index in [4.69, 9.17) is 33.7 Å². The van der Waals surface area contributed by atoms with E-state index in [2.05, 4.69) is 51.6 Å². The Kier molecular flexibility index (Phi) is 13.6. The zero-order valence-corrected chi connectivity index (χ0v) is 35.0. The number of benzene rings is 3. The van der Waals surface area contributed by atoms with Crippen LogP contribution in [0.1, 0.15) is 98.2 Å². The first-order valence-corrected chi connectivity index (χ1v) is 21.4. The molecule has 1 fully saturated rings. The number of allylic oxidation sites excluding steroid dienone is 1. The van der Waals surface area contributed by atoms with Gasteiger partial charge in [0.15, 0.2) is 11.5 Å². The molecule has 2 aliphatic heterocycles. The van der Waals surface area contributed by atoms with Crippen LogP contribution in [0, 0.1) is 31.6 Å². The number of aliphatic hydroxyl groups is 2. The molecule has 59 heavy (non-hydrogen) atoms. The summed E-state index contributed by atoms with van der Waals surface area (Å²) >= 11 is 0. The number of hydrogen-bond acceptors (Lipinski definition) is 10. The third kappa shape index (κ3) is 8.60. The molecule has 1 saturated carbocycles. The van der Waals surface area contributed by atoms with E-state index in [1.54, 1.807) is 24.3 Å². The number of hydrogen-bond donors (Lipinski definition) is 2. The minimum Gasteiger partial charge on any atom is -0.459 e. The molecule has 2 N–H and O–H groups in total. The predicted molar refractivity (Wildman–Crippen MR) is 226 cm³/mol. The van der Waals surface area contributed by atoms with Gasteiger partial charge < -0.3 is 43.6 Å². The number of nitrogens with zero attached hydrogens (tertiary/aromatic N) is 2. The van der Waals surface area contributed by atoms with Crippen LogP contribution in [-0.2, 0) is 9.57 Å². The molecule has 1 amide bonds. The standard InChI is InChI=1S/C48H60N2O9/c1-6-21-50(47(53)34-16-19-42-43(27-34)55-30-54-42)44-29-40(49-57-8-3)38-26-33(13-9-11-22-51)37(14-10-12-23-52)45-39-28-36(58-35-17-15-31(4)32(5)25-35)18-20-41(39)59-48(44,46(38)45)56-24-7-2/h7,15-20,25-28,33,37,44-46,51-52H,2,6,8-14,21-24,29-30H2,1,3-5H3. The number of oxime groups is 1. The summed E-state index contributed by atoms with van der Waals surface area (Å²) in [5, 5.41) is 24.7. The maximum Gasteiger partial charge on any atom is 0.254 e. The van der Waals surface area contributed by atoms with Crippen molar-refractivity contribution >= 4 is 11.6 Å². The molecule has 0 radical (unpaired) electrons. The molecule has 11 heteroatoms. The summed E-state index contributed by atoms with van der Waals surface area (Å²) in [5.41, 5.74) is 5.57. The summed E-state index contributed by atoms with van der Waals surface area (Å²) in [4.78, 5) is 22.8. The monoisotopic (exact) mass is 808 g/mol. The van der Waals surface area contributed by atoms with Gasteiger partial charge in [-0.15, -0.1) is 6.58 Å². The van der Waals surface area contributed by atoms with E-state index in [9.17, 15) is 15.0 Å². The molecule has 6 unspecified atom stereocenters. The Hall–Kier alpha value is -4.84. The van der Waals surface area contributed by atoms with E-state index in [1.165, 1.54) is 5.56 Å². The Labute approximate surface area is 348 Å². The van der Waals surface area contributed by atoms with Crippen molar-refractivity contribution in [2.45, 2.75) is 96.8 Å². The maximum atomic E-state index is 15.0. The number of ether oxygens (including phenoxy) is 5. The van der Waals surface area contributed by atoms with Crippen LogP contribution >= 0.6 is 0 Å². The Bertz CT molecular complexity index is 2030. The van der Waals surface area contributed by atoms with Gasteiger partial charge >= 0.3 is 0 Å². The van der Waals surface area contributed by atoms with Gasteiger partial charge in [-0.1, -0.05) is 43.1 Å². The Morgan fingerprint density at radius 1 is 0.932 bits per heavy atom. The first-order valence-electron chi connectivity index (χ1n) is 21.4. The highest BCUT2D eigenvalue weighted by atomic mass is 16.7. The minimum atomic E-state index is -1.36. The third-order valence-corrected chi connectivity index (χ3v) is 12.4. The van der Waals surface area contributed by atoms with E-state index in [0.717, 1.165) is 53.8 Å². The molecular weight excluding hydrogens is 749 g/mol. The smallest absolute Gasteiger partial charge is 0.254 e. The predicted octanol–water partition coefficient (Wildman–Crippen LogP) is 9.03. The molecule has 2 aliphatic carbocycles. The molecule has 0 spiro atoms. The SMILES string of the molecule is C=CCOC12Oc3ccc(Oc4ccc(C)c(C)c4)cc3C3C(CCCCO)C(CCCCO)C=C(C(=NOCC)CC1N(CCC)C(=O)c1ccc4c(c1)OCO4)C32. The molecule has 0 saturated heterocycles. The number of aliphatic hydroxyl groups excluding tert-OH is 2. The highest BCUT2D eigenvalue weighted by Gasteiger charge is 2.65. The highest BCUT2D eigenvalue weighted by Crippen LogP contribution is 2.62. The number of unbranched alkanes of at least 4 members (excludes halogenated alkanes) is 2. The van der Waals surface area contributed by atoms with Crippen LogP contribution in [0.15, 0.2) is 84.1 Å². The minimum absolute atomic E-state index is 0.0940. The number of rotatable bonds is 19. The summed E-state index contributed by atoms with van der Waals surface area (Å²) in [6.07, 6.45) is 9.86. The second-order valence-corrected chi connectivity index (χ2v) is 16.1. The first-order chi connectivity index (χ1) is 28.8. The molecule has 4 aliphatic rings. The van der Waals surface area contributed by atoms with Gasteiger partial charge in [-0.05, 0) is 130 Å². The molecule has 6 atom stereocenters. The van der Waals surface area contributed by atoms with E-state index in [0.29, 0.717) is 67.4 Å². The molecule has 0 aromatic heterocycles. The van der Waals surface area contributed by atoms with Gasteiger partial charge in [-0.25, -0.2) is 0 Å². The van der Waals surface area contributed by atoms with E-state index < -0.39 is 17.7 Å². The van der Waals surface area contributed by atoms with Gasteiger partial charge in [0.25, 0.3) is 5.91 Å². The molecule has 3 aromatic rings. The van der Waals surface area contributed by atoms with Crippen LogP contribution in [0.5, 0.6) is 28.7 Å². The van der Waals surface area contributed by atoms with Crippen molar-refractivity contribution in [3.63, 3.8) is 0 Å². The average molecular weight is 809 g/mol. The summed E-state index contributed by atoms with van der Waals surface area (Å²) in [6.45, 7) is 13.5. The second kappa shape index (κ2) is 19.0. The van der Waals surface area contributed by atoms with Gasteiger partial charge in [-0.3, -0.25) is 4.79 Å². The van der Waals surface area contributed by atoms with Crippen LogP contribution in [-0.4, -0.2) is 78.3 Å². The van der Waals surface area contributed by atoms with Gasteiger partial charge in [0.1, 0.15) is 29.9 Å². The fraction of sp³-hybridized carbons (Fsp3) is 0.500. The topological polar surface area (TPSA) is 129 Å². The van der Waals surface area contributed by atoms with Gasteiger partial charge in [0, 0.05) is 43.2 Å². The van der Waals surface area contributed by atoms with Crippen molar-refractivity contribution in [1.29, 1.82) is 0 Å². The van der Waals surface area contributed by atoms with Gasteiger partial charge in [0.2, 0.25) is 12.6 Å². The summed E-state index contributed by atoms with van der Waals surface area (Å²) < 4.78 is 32.4. The lowest BCUT2D eigenvalue weighted by molar-refractivity contribution is -0.254. The molecule has 11 nitrogen and oxygen atoms in total. The maximum absolute atomic E-state index is 15.0. The Morgan fingerprint density at radius 3 is 2.42 bits per heavy atom. The van der Waals surface area contributed by atoms with E-state index >= 15 is 0 Å². The van der Waals surface area contributed by atoms with E-state index in [1.807, 2.05) is 30.0 Å². The molecular formula is C48H60N2O9. The summed E-state index contributed by atoms with van der Waals surface area (Å²) in [5.74, 6) is 1.35. The van der Waals surface area contributed by atoms with Crippen LogP contribution in [0.3, 0.4) is 0 Å². The Morgan fingerprint density at radius 2 is 1.68 bits per heavy atom. The Balaban J connectivity index is 1.43. The molecule has 0 bridgehead atoms. The van der Waals surface area contributed by atoms with Crippen LogP contribution in [0.4, 0.5) is 0 Å². The first kappa shape index (κ1) is 42.3. The highest BCUT2D eigenvalue weighted by molar-refractivity contribution is 6.03. The lowest BCUT2D eigenvalue weighted by Crippen LogP contribution is -2.70. The third-order valence-electron chi connectivity index (χ3n) is 12.4. The zero-order valence-electron chi connectivity index (χ0n) is 35.0. The van der Waals surface area contributed by atoms with Crippen LogP contribution in [0.2, 0.25) is 0 Å². The van der Waals surface area contributed by atoms with Crippen molar-refractivity contribution in [2.24, 2.45) is 22.9 Å². The average Bonchev–Trinajstić information content (AvgIpc) is 3.72. The van der Waals surface area contributed by atoms with Crippen molar-refractivity contribution < 1.29 is 43.5 Å². The fourth-order valence-electron chi connectivity index (χ4n) is 9.60. The fourth-order valence-corrected chi connectivity index (χ4v) is 9.60. The molecule has 7 rings (SSSR count). The van der Waals surface area contributed by atoms with Crippen LogP contribution in [0.25, 0.3) is 0 Å².